The molecule has 1 atom stereocenters. The van der Waals surface area contributed by atoms with Gasteiger partial charge in [0.25, 0.3) is 0 Å². The number of esters is 1. The molecule has 0 spiro atoms. The number of aromatic amines is 1. The van der Waals surface area contributed by atoms with Crippen LogP contribution in [0.3, 0.4) is 0 Å². The molecule has 4 aromatic rings. The summed E-state index contributed by atoms with van der Waals surface area (Å²) in [5.41, 5.74) is -0.993. The molecule has 9 nitrogen and oxygen atoms in total. The van der Waals surface area contributed by atoms with E-state index in [1.54, 1.807) is 24.3 Å². The lowest BCUT2D eigenvalue weighted by atomic mass is 9.96. The van der Waals surface area contributed by atoms with Gasteiger partial charge in [0.1, 0.15) is 5.75 Å². The highest BCUT2D eigenvalue weighted by Gasteiger charge is 2.44. The van der Waals surface area contributed by atoms with E-state index in [1.165, 1.54) is 66.9 Å². The third kappa shape index (κ3) is 9.31. The molecular weight excluding hydrogens is 635 g/mol. The monoisotopic (exact) mass is 681 g/mol. The Morgan fingerprint density at radius 2 is 1.62 bits per heavy atom. The summed E-state index contributed by atoms with van der Waals surface area (Å²) in [6.07, 6.45) is 9.60. The number of hydrogen-bond acceptors (Lipinski definition) is 10. The molecule has 0 bridgehead atoms. The van der Waals surface area contributed by atoms with Crippen molar-refractivity contribution in [1.29, 1.82) is 0 Å². The Hall–Kier alpha value is -3.06. The molecule has 3 aromatic heterocycles. The van der Waals surface area contributed by atoms with Crippen LogP contribution in [0, 0.1) is 5.92 Å². The number of unbranched alkanes of at least 4 members (excludes halogenated alkanes) is 6. The molecular formula is C36H47N3O6S2. The zero-order valence-corrected chi connectivity index (χ0v) is 28.5. The van der Waals surface area contributed by atoms with Crippen LogP contribution in [0.25, 0.3) is 10.9 Å². The number of nitrogens with one attached hydrogen (secondary N) is 2. The summed E-state index contributed by atoms with van der Waals surface area (Å²) in [6.45, 7) is 4.75. The van der Waals surface area contributed by atoms with Crippen molar-refractivity contribution in [2.24, 2.45) is 5.92 Å². The number of likely N-dealkylation sites (tertiary alicyclic amines) is 1. The minimum absolute atomic E-state index is 0.00501. The quantitative estimate of drug-likeness (QED) is 0.0648. The Labute approximate surface area is 284 Å². The molecule has 0 amide bonds. The minimum Gasteiger partial charge on any atom is -0.506 e. The first-order chi connectivity index (χ1) is 22.9. The highest BCUT2D eigenvalue weighted by atomic mass is 32.1. The van der Waals surface area contributed by atoms with Crippen molar-refractivity contribution in [2.45, 2.75) is 69.5 Å². The summed E-state index contributed by atoms with van der Waals surface area (Å²) < 4.78 is 5.72. The van der Waals surface area contributed by atoms with Crippen LogP contribution in [0.2, 0.25) is 0 Å². The molecule has 47 heavy (non-hydrogen) atoms. The maximum Gasteiger partial charge on any atom is 0.349 e. The van der Waals surface area contributed by atoms with E-state index in [4.69, 9.17) is 4.74 Å². The maximum atomic E-state index is 13.1. The van der Waals surface area contributed by atoms with Gasteiger partial charge in [-0.05, 0) is 98.4 Å². The first-order valence-corrected chi connectivity index (χ1v) is 18.6. The van der Waals surface area contributed by atoms with Crippen molar-refractivity contribution >= 4 is 39.5 Å². The molecule has 0 radical (unpaired) electrons. The molecule has 0 unspecified atom stereocenters. The maximum absolute atomic E-state index is 13.1. The van der Waals surface area contributed by atoms with Crippen LogP contribution in [0.1, 0.15) is 79.2 Å². The fourth-order valence-electron chi connectivity index (χ4n) is 6.33. The number of H-pyrrole nitrogens is 1. The average Bonchev–Trinajstić information content (AvgIpc) is 3.83. The van der Waals surface area contributed by atoms with E-state index >= 15 is 0 Å². The predicted molar refractivity (Wildman–Crippen MR) is 188 cm³/mol. The molecule has 1 aromatic carbocycles. The second kappa shape index (κ2) is 17.4. The van der Waals surface area contributed by atoms with Crippen LogP contribution in [-0.2, 0) is 15.1 Å². The third-order valence-corrected chi connectivity index (χ3v) is 11.1. The van der Waals surface area contributed by atoms with Crippen LogP contribution in [0.4, 0.5) is 0 Å². The van der Waals surface area contributed by atoms with Crippen molar-refractivity contribution in [1.82, 2.24) is 15.2 Å². The van der Waals surface area contributed by atoms with Gasteiger partial charge in [-0.3, -0.25) is 4.79 Å². The number of carbonyl (C=O) groups excluding carboxylic acids is 1. The average molecular weight is 682 g/mol. The van der Waals surface area contributed by atoms with E-state index in [9.17, 15) is 24.9 Å². The van der Waals surface area contributed by atoms with Gasteiger partial charge in [-0.2, -0.15) is 0 Å². The summed E-state index contributed by atoms with van der Waals surface area (Å²) in [7, 11) is 0. The molecule has 0 saturated carbocycles. The van der Waals surface area contributed by atoms with Gasteiger partial charge in [0.2, 0.25) is 11.2 Å². The number of aromatic nitrogens is 1. The molecule has 1 fully saturated rings. The first-order valence-electron chi connectivity index (χ1n) is 16.8. The Morgan fingerprint density at radius 3 is 2.28 bits per heavy atom. The van der Waals surface area contributed by atoms with Gasteiger partial charge in [-0.25, -0.2) is 4.79 Å². The molecule has 11 heteroatoms. The number of benzene rings is 1. The fraction of sp³-hybridized carbons (Fsp3) is 0.500. The molecule has 5 rings (SSSR count). The molecule has 5 N–H and O–H groups in total. The largest absolute Gasteiger partial charge is 0.506 e. The standard InChI is InChI=1S/C36H47N3O6S2/c40-29-14-12-27(28-13-15-33(42)38-34(28)29)30(41)24-37-18-6-4-2-1-3-5-7-19-39-20-16-26(17-21-39)25-45-35(43)36(44,31-10-8-22-46-31)32-11-9-23-47-32/h8-15,22-23,26,30,37,40-41,44H,1-7,16-21,24-25H2,(H,38,42)/t30-/m0/s1. The van der Waals surface area contributed by atoms with Gasteiger partial charge in [0.05, 0.1) is 28.0 Å². The van der Waals surface area contributed by atoms with Crippen LogP contribution in [-0.4, -0.2) is 70.5 Å². The van der Waals surface area contributed by atoms with E-state index in [2.05, 4.69) is 15.2 Å². The number of piperidine rings is 1. The zero-order valence-electron chi connectivity index (χ0n) is 26.9. The Bertz CT molecular complexity index is 1550. The van der Waals surface area contributed by atoms with E-state index in [0.29, 0.717) is 45.3 Å². The van der Waals surface area contributed by atoms with Crippen molar-refractivity contribution in [2.75, 3.05) is 39.3 Å². The number of aliphatic hydroxyl groups is 2. The number of aliphatic hydroxyl groups excluding tert-OH is 1. The predicted octanol–water partition coefficient (Wildman–Crippen LogP) is 5.90. The van der Waals surface area contributed by atoms with Crippen molar-refractivity contribution in [3.8, 4) is 5.75 Å². The van der Waals surface area contributed by atoms with Crippen molar-refractivity contribution in [3.63, 3.8) is 0 Å². The number of hydrogen-bond donors (Lipinski definition) is 5. The number of phenolic OH excluding ortho intramolecular Hbond substituents is 1. The van der Waals surface area contributed by atoms with Gasteiger partial charge in [-0.1, -0.05) is 50.3 Å². The Balaban J connectivity index is 0.879. The lowest BCUT2D eigenvalue weighted by Gasteiger charge is -2.32. The highest BCUT2D eigenvalue weighted by Crippen LogP contribution is 2.37. The lowest BCUT2D eigenvalue weighted by Crippen LogP contribution is -2.40. The number of rotatable bonds is 18. The Kier molecular flexibility index (Phi) is 13.0. The number of carbonyl (C=O) groups is 1. The van der Waals surface area contributed by atoms with E-state index < -0.39 is 17.7 Å². The minimum atomic E-state index is -1.74. The molecule has 1 aliphatic rings. The van der Waals surface area contributed by atoms with Crippen molar-refractivity contribution in [3.05, 3.63) is 85.0 Å². The van der Waals surface area contributed by atoms with Gasteiger partial charge >= 0.3 is 5.97 Å². The molecule has 1 saturated heterocycles. The third-order valence-electron chi connectivity index (χ3n) is 9.14. The number of fused-ring (bicyclic) bond motifs is 1. The number of phenols is 1. The Morgan fingerprint density at radius 1 is 0.957 bits per heavy atom. The van der Waals surface area contributed by atoms with Crippen LogP contribution >= 0.6 is 22.7 Å². The van der Waals surface area contributed by atoms with Crippen LogP contribution in [0.5, 0.6) is 5.75 Å². The molecule has 254 valence electrons. The van der Waals surface area contributed by atoms with Crippen LogP contribution < -0.4 is 10.9 Å². The summed E-state index contributed by atoms with van der Waals surface area (Å²) in [6, 6.07) is 13.5. The smallest absolute Gasteiger partial charge is 0.349 e. The summed E-state index contributed by atoms with van der Waals surface area (Å²) in [5.74, 6) is -0.266. The van der Waals surface area contributed by atoms with E-state index in [-0.39, 0.29) is 11.3 Å². The van der Waals surface area contributed by atoms with Gasteiger partial charge in [-0.15, -0.1) is 22.7 Å². The SMILES string of the molecule is O=C(OCC1CCN(CCCCCCCCCNC[C@H](O)c2ccc(O)c3[nH]c(=O)ccc23)CC1)C(O)(c1cccs1)c1cccs1. The normalized spacial score (nSPS) is 15.3. The second-order valence-corrected chi connectivity index (χ2v) is 14.4. The topological polar surface area (TPSA) is 135 Å². The van der Waals surface area contributed by atoms with Gasteiger partial charge < -0.3 is 35.3 Å². The second-order valence-electron chi connectivity index (χ2n) is 12.5. The molecule has 4 heterocycles. The summed E-state index contributed by atoms with van der Waals surface area (Å²) in [4.78, 5) is 31.1. The number of pyridine rings is 1. The van der Waals surface area contributed by atoms with E-state index in [1.807, 2.05) is 22.9 Å². The number of ether oxygens (including phenoxy) is 1. The van der Waals surface area contributed by atoms with Crippen LogP contribution in [0.15, 0.2) is 64.1 Å². The number of nitrogens with zero attached hydrogens (tertiary/aromatic N) is 1. The lowest BCUT2D eigenvalue weighted by molar-refractivity contribution is -0.163. The number of aromatic hydroxyl groups is 1. The summed E-state index contributed by atoms with van der Waals surface area (Å²) in [5, 5.41) is 39.8. The summed E-state index contributed by atoms with van der Waals surface area (Å²) >= 11 is 2.73. The fourth-order valence-corrected chi connectivity index (χ4v) is 8.05. The van der Waals surface area contributed by atoms with E-state index in [0.717, 1.165) is 51.9 Å². The first kappa shape index (κ1) is 35.3. The van der Waals surface area contributed by atoms with Gasteiger partial charge in [0, 0.05) is 18.0 Å². The van der Waals surface area contributed by atoms with Crippen molar-refractivity contribution < 1.29 is 24.9 Å². The molecule has 1 aliphatic heterocycles. The van der Waals surface area contributed by atoms with Gasteiger partial charge in [0.15, 0.2) is 0 Å². The zero-order chi connectivity index (χ0) is 33.1. The highest BCUT2D eigenvalue weighted by molar-refractivity contribution is 7.12. The number of thiophene rings is 2. The molecule has 0 aliphatic carbocycles.